The Kier molecular flexibility index (Phi) is 10.1. The quantitative estimate of drug-likeness (QED) is 0.176. The van der Waals surface area contributed by atoms with Crippen LogP contribution in [-0.2, 0) is 16.1 Å². The van der Waals surface area contributed by atoms with Crippen LogP contribution in [0, 0.1) is 0 Å². The number of benzene rings is 3. The molecule has 12 heteroatoms. The Hall–Kier alpha value is -3.19. The van der Waals surface area contributed by atoms with E-state index in [1.807, 2.05) is 42.5 Å². The molecule has 0 aliphatic carbocycles. The molecule has 0 spiro atoms. The maximum atomic E-state index is 14.1. The van der Waals surface area contributed by atoms with Gasteiger partial charge in [0.1, 0.15) is 12.4 Å². The summed E-state index contributed by atoms with van der Waals surface area (Å²) in [7, 11) is 3.07. The van der Waals surface area contributed by atoms with Crippen molar-refractivity contribution < 1.29 is 23.7 Å². The fourth-order valence-electron chi connectivity index (χ4n) is 4.85. The maximum Gasteiger partial charge on any atom is 0.338 e. The van der Waals surface area contributed by atoms with E-state index in [2.05, 4.69) is 52.8 Å². The SMILES string of the molecule is CCOC(=O)C1=C(C)N=c2s/c(=C\c3cc(Br)c(OCc4ccccc4)c(Br)c3)c(=O)n2[C@H]1c1cc(OC)c(OC)cc1Br. The molecule has 0 radical (unpaired) electrons. The van der Waals surface area contributed by atoms with Crippen molar-refractivity contribution in [3.05, 3.63) is 116 Å². The fraction of sp³-hybridized carbons (Fsp3) is 0.219. The highest BCUT2D eigenvalue weighted by atomic mass is 79.9. The van der Waals surface area contributed by atoms with E-state index >= 15 is 0 Å². The average Bonchev–Trinajstić information content (AvgIpc) is 3.30. The van der Waals surface area contributed by atoms with Gasteiger partial charge in [0.2, 0.25) is 0 Å². The number of esters is 1. The second-order valence-corrected chi connectivity index (χ2v) is 13.2. The Labute approximate surface area is 283 Å². The lowest BCUT2D eigenvalue weighted by atomic mass is 9.95. The summed E-state index contributed by atoms with van der Waals surface area (Å²) in [6, 6.07) is 16.3. The first-order valence-corrected chi connectivity index (χ1v) is 16.6. The molecule has 3 aromatic carbocycles. The number of allylic oxidation sites excluding steroid dienone is 1. The van der Waals surface area contributed by atoms with Crippen molar-refractivity contribution in [3.8, 4) is 17.2 Å². The van der Waals surface area contributed by atoms with Crippen molar-refractivity contribution in [3.63, 3.8) is 0 Å². The smallest absolute Gasteiger partial charge is 0.338 e. The number of methoxy groups -OCH3 is 2. The Morgan fingerprint density at radius 3 is 2.30 bits per heavy atom. The molecule has 0 bridgehead atoms. The molecular weight excluding hydrogens is 780 g/mol. The average molecular weight is 807 g/mol. The summed E-state index contributed by atoms with van der Waals surface area (Å²) in [5.74, 6) is 1.06. The number of rotatable bonds is 9. The molecule has 0 saturated heterocycles. The van der Waals surface area contributed by atoms with Gasteiger partial charge in [-0.15, -0.1) is 0 Å². The number of carbonyl (C=O) groups is 1. The molecule has 44 heavy (non-hydrogen) atoms. The third kappa shape index (κ3) is 6.44. The Bertz CT molecular complexity index is 1930. The molecule has 0 saturated carbocycles. The normalized spacial score (nSPS) is 14.6. The van der Waals surface area contributed by atoms with E-state index < -0.39 is 12.0 Å². The predicted molar refractivity (Wildman–Crippen MR) is 180 cm³/mol. The van der Waals surface area contributed by atoms with Gasteiger partial charge in [-0.1, -0.05) is 57.6 Å². The topological polar surface area (TPSA) is 88.4 Å². The van der Waals surface area contributed by atoms with Gasteiger partial charge in [0.15, 0.2) is 16.3 Å². The molecule has 4 aromatic rings. The minimum atomic E-state index is -0.825. The van der Waals surface area contributed by atoms with Gasteiger partial charge in [-0.05, 0) is 92.7 Å². The standard InChI is InChI=1S/C32H27Br3N2O6S/c1-5-42-31(39)27-17(2)36-32-37(28(27)20-14-24(40-3)25(41-4)15-21(20)33)30(38)26(44-32)13-19-11-22(34)29(23(35)12-19)43-16-18-9-7-6-8-10-18/h6-15,28H,5,16H2,1-4H3/b26-13-/t28-/m0/s1. The van der Waals surface area contributed by atoms with E-state index in [0.29, 0.717) is 48.9 Å². The first kappa shape index (κ1) is 32.2. The molecule has 5 rings (SSSR count). The van der Waals surface area contributed by atoms with E-state index in [1.54, 1.807) is 39.2 Å². The monoisotopic (exact) mass is 804 g/mol. The Morgan fingerprint density at radius 1 is 1.00 bits per heavy atom. The second-order valence-electron chi connectivity index (χ2n) is 9.62. The van der Waals surface area contributed by atoms with Crippen LogP contribution in [0.25, 0.3) is 6.08 Å². The van der Waals surface area contributed by atoms with Crippen molar-refractivity contribution in [1.29, 1.82) is 0 Å². The lowest BCUT2D eigenvalue weighted by molar-refractivity contribution is -0.139. The molecule has 1 aliphatic heterocycles. The highest BCUT2D eigenvalue weighted by Crippen LogP contribution is 2.41. The Balaban J connectivity index is 1.62. The molecule has 1 aliphatic rings. The lowest BCUT2D eigenvalue weighted by Gasteiger charge is -2.26. The number of hydrogen-bond acceptors (Lipinski definition) is 8. The lowest BCUT2D eigenvalue weighted by Crippen LogP contribution is -2.40. The number of hydrogen-bond donors (Lipinski definition) is 0. The van der Waals surface area contributed by atoms with E-state index in [4.69, 9.17) is 18.9 Å². The van der Waals surface area contributed by atoms with Crippen LogP contribution in [-0.4, -0.2) is 31.4 Å². The van der Waals surface area contributed by atoms with Gasteiger partial charge in [-0.2, -0.15) is 0 Å². The number of fused-ring (bicyclic) bond motifs is 1. The molecule has 1 aromatic heterocycles. The van der Waals surface area contributed by atoms with E-state index in [9.17, 15) is 9.59 Å². The summed E-state index contributed by atoms with van der Waals surface area (Å²) in [6.45, 7) is 4.06. The van der Waals surface area contributed by atoms with Crippen LogP contribution < -0.4 is 29.1 Å². The number of halogens is 3. The summed E-state index contributed by atoms with van der Waals surface area (Å²) in [6.07, 6.45) is 1.80. The minimum absolute atomic E-state index is 0.175. The highest BCUT2D eigenvalue weighted by Gasteiger charge is 2.35. The van der Waals surface area contributed by atoms with Crippen molar-refractivity contribution in [2.75, 3.05) is 20.8 Å². The molecule has 0 fully saturated rings. The molecule has 1 atom stereocenters. The minimum Gasteiger partial charge on any atom is -0.493 e. The molecule has 0 N–H and O–H groups in total. The van der Waals surface area contributed by atoms with Gasteiger partial charge in [0.25, 0.3) is 5.56 Å². The van der Waals surface area contributed by atoms with E-state index in [0.717, 1.165) is 20.1 Å². The molecule has 8 nitrogen and oxygen atoms in total. The number of carbonyl (C=O) groups excluding carboxylic acids is 1. The van der Waals surface area contributed by atoms with Crippen LogP contribution in [0.5, 0.6) is 17.2 Å². The van der Waals surface area contributed by atoms with Crippen molar-refractivity contribution in [2.24, 2.45) is 4.99 Å². The molecule has 0 amide bonds. The number of nitrogens with zero attached hydrogens (tertiary/aromatic N) is 2. The zero-order chi connectivity index (χ0) is 31.5. The maximum absolute atomic E-state index is 14.1. The molecular formula is C32H27Br3N2O6S. The molecule has 0 unspecified atom stereocenters. The van der Waals surface area contributed by atoms with Gasteiger partial charge in [0.05, 0.1) is 51.6 Å². The van der Waals surface area contributed by atoms with Crippen LogP contribution in [0.4, 0.5) is 0 Å². The second kappa shape index (κ2) is 13.8. The number of ether oxygens (including phenoxy) is 4. The summed E-state index contributed by atoms with van der Waals surface area (Å²) >= 11 is 12.1. The summed E-state index contributed by atoms with van der Waals surface area (Å²) in [4.78, 5) is 32.5. The third-order valence-corrected chi connectivity index (χ3v) is 9.71. The predicted octanol–water partition coefficient (Wildman–Crippen LogP) is 6.68. The zero-order valence-electron chi connectivity index (χ0n) is 24.2. The molecule has 2 heterocycles. The number of thiazole rings is 1. The first-order chi connectivity index (χ1) is 21.2. The summed E-state index contributed by atoms with van der Waals surface area (Å²) in [5, 5.41) is 0. The van der Waals surface area contributed by atoms with Gasteiger partial charge < -0.3 is 18.9 Å². The largest absolute Gasteiger partial charge is 0.493 e. The van der Waals surface area contributed by atoms with Gasteiger partial charge in [0, 0.05) is 4.47 Å². The van der Waals surface area contributed by atoms with Gasteiger partial charge >= 0.3 is 5.97 Å². The van der Waals surface area contributed by atoms with Crippen molar-refractivity contribution in [1.82, 2.24) is 4.57 Å². The first-order valence-electron chi connectivity index (χ1n) is 13.4. The van der Waals surface area contributed by atoms with Crippen LogP contribution in [0.15, 0.2) is 89.1 Å². The van der Waals surface area contributed by atoms with Gasteiger partial charge in [-0.25, -0.2) is 9.79 Å². The van der Waals surface area contributed by atoms with Crippen LogP contribution >= 0.6 is 59.1 Å². The van der Waals surface area contributed by atoms with E-state index in [1.165, 1.54) is 23.0 Å². The van der Waals surface area contributed by atoms with E-state index in [-0.39, 0.29) is 17.7 Å². The summed E-state index contributed by atoms with van der Waals surface area (Å²) in [5.41, 5.74) is 2.87. The highest BCUT2D eigenvalue weighted by molar-refractivity contribution is 9.11. The zero-order valence-corrected chi connectivity index (χ0v) is 29.7. The summed E-state index contributed by atoms with van der Waals surface area (Å²) < 4.78 is 26.6. The van der Waals surface area contributed by atoms with Crippen LogP contribution in [0.2, 0.25) is 0 Å². The van der Waals surface area contributed by atoms with Crippen molar-refractivity contribution >= 4 is 71.2 Å². The molecule has 228 valence electrons. The fourth-order valence-corrected chi connectivity index (χ4v) is 7.88. The third-order valence-electron chi connectivity index (χ3n) is 6.86. The number of aromatic nitrogens is 1. The Morgan fingerprint density at radius 2 is 1.66 bits per heavy atom. The van der Waals surface area contributed by atoms with Crippen molar-refractivity contribution in [2.45, 2.75) is 26.5 Å². The van der Waals surface area contributed by atoms with Gasteiger partial charge in [-0.3, -0.25) is 9.36 Å². The van der Waals surface area contributed by atoms with Crippen LogP contribution in [0.3, 0.4) is 0 Å². The van der Waals surface area contributed by atoms with Crippen LogP contribution in [0.1, 0.15) is 36.6 Å².